The summed E-state index contributed by atoms with van der Waals surface area (Å²) in [6.45, 7) is 13.4. The van der Waals surface area contributed by atoms with Crippen molar-refractivity contribution in [1.82, 2.24) is 4.90 Å². The molecule has 2 nitrogen and oxygen atoms in total. The quantitative estimate of drug-likeness (QED) is 0.792. The number of hydrogen-bond acceptors (Lipinski definition) is 2. The maximum Gasteiger partial charge on any atom is 0.119 e. The molecule has 0 saturated carbocycles. The van der Waals surface area contributed by atoms with E-state index >= 15 is 0 Å². The van der Waals surface area contributed by atoms with Crippen LogP contribution in [0.2, 0.25) is 0 Å². The summed E-state index contributed by atoms with van der Waals surface area (Å²) in [5.74, 6) is 1.89. The smallest absolute Gasteiger partial charge is 0.119 e. The summed E-state index contributed by atoms with van der Waals surface area (Å²) < 4.78 is 5.90. The molecule has 0 N–H and O–H groups in total. The van der Waals surface area contributed by atoms with Gasteiger partial charge in [0.2, 0.25) is 0 Å². The Morgan fingerprint density at radius 1 is 1.19 bits per heavy atom. The van der Waals surface area contributed by atoms with Gasteiger partial charge in [-0.25, -0.2) is 0 Å². The molecule has 0 aromatic heterocycles. The molecule has 1 aromatic rings. The molecule has 2 heteroatoms. The van der Waals surface area contributed by atoms with Gasteiger partial charge in [0.25, 0.3) is 0 Å². The third-order valence-corrected chi connectivity index (χ3v) is 4.58. The Morgan fingerprint density at radius 3 is 2.52 bits per heavy atom. The zero-order valence-electron chi connectivity index (χ0n) is 14.2. The van der Waals surface area contributed by atoms with E-state index in [0.717, 1.165) is 24.8 Å². The Kier molecular flexibility index (Phi) is 5.69. The topological polar surface area (TPSA) is 12.5 Å². The minimum absolute atomic E-state index is 0.210. The molecule has 0 amide bonds. The van der Waals surface area contributed by atoms with Gasteiger partial charge in [0.15, 0.2) is 0 Å². The van der Waals surface area contributed by atoms with Crippen molar-refractivity contribution in [2.75, 3.05) is 26.2 Å². The standard InChI is InChI=1S/C19H31NO/c1-5-16-7-6-12-20(15-16)13-14-21-18-10-8-17(9-11-18)19(2,3)4/h8-11,16H,5-7,12-15H2,1-4H3. The molecule has 1 atom stereocenters. The summed E-state index contributed by atoms with van der Waals surface area (Å²) in [4.78, 5) is 2.56. The third-order valence-electron chi connectivity index (χ3n) is 4.58. The van der Waals surface area contributed by atoms with Crippen molar-refractivity contribution in [3.05, 3.63) is 29.8 Å². The Balaban J connectivity index is 1.76. The lowest BCUT2D eigenvalue weighted by atomic mass is 9.87. The van der Waals surface area contributed by atoms with Gasteiger partial charge in [0.05, 0.1) is 0 Å². The maximum atomic E-state index is 5.90. The van der Waals surface area contributed by atoms with Gasteiger partial charge in [0.1, 0.15) is 12.4 Å². The normalized spacial score (nSPS) is 20.5. The van der Waals surface area contributed by atoms with Crippen LogP contribution in [0, 0.1) is 5.92 Å². The van der Waals surface area contributed by atoms with Gasteiger partial charge in [-0.15, -0.1) is 0 Å². The van der Waals surface area contributed by atoms with E-state index < -0.39 is 0 Å². The van der Waals surface area contributed by atoms with E-state index in [1.165, 1.54) is 37.9 Å². The highest BCUT2D eigenvalue weighted by molar-refractivity contribution is 5.31. The zero-order valence-corrected chi connectivity index (χ0v) is 14.2. The van der Waals surface area contributed by atoms with Crippen molar-refractivity contribution in [1.29, 1.82) is 0 Å². The number of ether oxygens (including phenoxy) is 1. The number of rotatable bonds is 5. The van der Waals surface area contributed by atoms with E-state index in [9.17, 15) is 0 Å². The molecule has 1 saturated heterocycles. The highest BCUT2D eigenvalue weighted by Gasteiger charge is 2.18. The van der Waals surface area contributed by atoms with Crippen LogP contribution in [0.5, 0.6) is 5.75 Å². The first-order valence-electron chi connectivity index (χ1n) is 8.44. The Bertz CT molecular complexity index is 418. The van der Waals surface area contributed by atoms with E-state index in [1.54, 1.807) is 0 Å². The first-order valence-corrected chi connectivity index (χ1v) is 8.44. The summed E-state index contributed by atoms with van der Waals surface area (Å²) in [5, 5.41) is 0. The minimum atomic E-state index is 0.210. The maximum absolute atomic E-state index is 5.90. The van der Waals surface area contributed by atoms with Gasteiger partial charge in [-0.2, -0.15) is 0 Å². The van der Waals surface area contributed by atoms with Gasteiger partial charge >= 0.3 is 0 Å². The van der Waals surface area contributed by atoms with Crippen LogP contribution in [0.1, 0.15) is 52.5 Å². The van der Waals surface area contributed by atoms with Gasteiger partial charge in [-0.3, -0.25) is 4.90 Å². The van der Waals surface area contributed by atoms with E-state index in [1.807, 2.05) is 0 Å². The van der Waals surface area contributed by atoms with Crippen LogP contribution in [0.4, 0.5) is 0 Å². The fourth-order valence-corrected chi connectivity index (χ4v) is 3.03. The molecule has 2 rings (SSSR count). The van der Waals surface area contributed by atoms with E-state index in [0.29, 0.717) is 0 Å². The molecule has 1 fully saturated rings. The predicted molar refractivity (Wildman–Crippen MR) is 90.1 cm³/mol. The molecular formula is C19H31NO. The van der Waals surface area contributed by atoms with Gasteiger partial charge in [-0.1, -0.05) is 46.2 Å². The van der Waals surface area contributed by atoms with E-state index in [2.05, 4.69) is 56.9 Å². The molecule has 118 valence electrons. The van der Waals surface area contributed by atoms with Crippen LogP contribution in [0.15, 0.2) is 24.3 Å². The van der Waals surface area contributed by atoms with E-state index in [4.69, 9.17) is 4.74 Å². The number of hydrogen-bond donors (Lipinski definition) is 0. The fraction of sp³-hybridized carbons (Fsp3) is 0.684. The molecule has 0 bridgehead atoms. The van der Waals surface area contributed by atoms with Crippen molar-refractivity contribution >= 4 is 0 Å². The summed E-state index contributed by atoms with van der Waals surface area (Å²) in [6.07, 6.45) is 4.06. The molecule has 1 aromatic carbocycles. The number of likely N-dealkylation sites (tertiary alicyclic amines) is 1. The number of benzene rings is 1. The molecule has 1 aliphatic rings. The largest absolute Gasteiger partial charge is 0.492 e. The summed E-state index contributed by atoms with van der Waals surface area (Å²) in [5.41, 5.74) is 1.57. The molecule has 0 radical (unpaired) electrons. The highest BCUT2D eigenvalue weighted by Crippen LogP contribution is 2.24. The lowest BCUT2D eigenvalue weighted by Crippen LogP contribution is -2.37. The summed E-state index contributed by atoms with van der Waals surface area (Å²) >= 11 is 0. The second kappa shape index (κ2) is 7.31. The molecule has 0 aliphatic carbocycles. The average Bonchev–Trinajstić information content (AvgIpc) is 2.47. The average molecular weight is 289 g/mol. The SMILES string of the molecule is CCC1CCCN(CCOc2ccc(C(C)(C)C)cc2)C1. The van der Waals surface area contributed by atoms with Gasteiger partial charge < -0.3 is 4.74 Å². The summed E-state index contributed by atoms with van der Waals surface area (Å²) in [7, 11) is 0. The highest BCUT2D eigenvalue weighted by atomic mass is 16.5. The van der Waals surface area contributed by atoms with Crippen LogP contribution in [-0.2, 0) is 5.41 Å². The zero-order chi connectivity index (χ0) is 15.3. The summed E-state index contributed by atoms with van der Waals surface area (Å²) in [6, 6.07) is 8.57. The predicted octanol–water partition coefficient (Wildman–Crippen LogP) is 4.48. The molecular weight excluding hydrogens is 258 g/mol. The van der Waals surface area contributed by atoms with Crippen molar-refractivity contribution < 1.29 is 4.74 Å². The van der Waals surface area contributed by atoms with Crippen LogP contribution < -0.4 is 4.74 Å². The Hall–Kier alpha value is -1.02. The second-order valence-electron chi connectivity index (χ2n) is 7.34. The molecule has 1 unspecified atom stereocenters. The third kappa shape index (κ3) is 5.03. The van der Waals surface area contributed by atoms with Crippen LogP contribution in [0.3, 0.4) is 0 Å². The lowest BCUT2D eigenvalue weighted by molar-refractivity contribution is 0.145. The van der Waals surface area contributed by atoms with Crippen LogP contribution >= 0.6 is 0 Å². The van der Waals surface area contributed by atoms with Crippen molar-refractivity contribution in [3.8, 4) is 5.75 Å². The Morgan fingerprint density at radius 2 is 1.90 bits per heavy atom. The van der Waals surface area contributed by atoms with Gasteiger partial charge in [0, 0.05) is 13.1 Å². The number of nitrogens with zero attached hydrogens (tertiary/aromatic N) is 1. The molecule has 0 spiro atoms. The fourth-order valence-electron chi connectivity index (χ4n) is 3.03. The van der Waals surface area contributed by atoms with Crippen LogP contribution in [0.25, 0.3) is 0 Å². The number of piperidine rings is 1. The van der Waals surface area contributed by atoms with Crippen molar-refractivity contribution in [2.24, 2.45) is 5.92 Å². The van der Waals surface area contributed by atoms with Gasteiger partial charge in [-0.05, 0) is 48.4 Å². The molecule has 1 aliphatic heterocycles. The van der Waals surface area contributed by atoms with E-state index in [-0.39, 0.29) is 5.41 Å². The first-order chi connectivity index (χ1) is 9.99. The second-order valence-corrected chi connectivity index (χ2v) is 7.34. The molecule has 1 heterocycles. The van der Waals surface area contributed by atoms with Crippen LogP contribution in [-0.4, -0.2) is 31.1 Å². The van der Waals surface area contributed by atoms with Crippen molar-refractivity contribution in [2.45, 2.75) is 52.4 Å². The minimum Gasteiger partial charge on any atom is -0.492 e. The monoisotopic (exact) mass is 289 g/mol. The Labute approximate surface area is 130 Å². The van der Waals surface area contributed by atoms with Crippen molar-refractivity contribution in [3.63, 3.8) is 0 Å². The first kappa shape index (κ1) is 16.4. The molecule has 21 heavy (non-hydrogen) atoms. The lowest BCUT2D eigenvalue weighted by Gasteiger charge is -2.32.